The summed E-state index contributed by atoms with van der Waals surface area (Å²) in [5.41, 5.74) is 0.358. The molecule has 2 rings (SSSR count). The van der Waals surface area contributed by atoms with E-state index in [1.807, 2.05) is 13.8 Å². The van der Waals surface area contributed by atoms with Gasteiger partial charge in [0.2, 0.25) is 0 Å². The first kappa shape index (κ1) is 14.9. The standard InChI is InChI=1S/C12H10BrClFN3O2/c1-5(2)11-16-10(12(19)20)17-18(11)9-7(13)3-6(15)4-8(9)14/h3-5H,1-2H3,(H,19,20). The second-order valence-electron chi connectivity index (χ2n) is 4.38. The normalized spacial score (nSPS) is 11.1. The summed E-state index contributed by atoms with van der Waals surface area (Å²) in [7, 11) is 0. The zero-order valence-corrected chi connectivity index (χ0v) is 12.9. The molecule has 20 heavy (non-hydrogen) atoms. The lowest BCUT2D eigenvalue weighted by Gasteiger charge is -2.11. The van der Waals surface area contributed by atoms with Gasteiger partial charge in [-0.1, -0.05) is 25.4 Å². The van der Waals surface area contributed by atoms with Gasteiger partial charge in [-0.05, 0) is 28.1 Å². The smallest absolute Gasteiger partial charge is 0.375 e. The van der Waals surface area contributed by atoms with Crippen LogP contribution >= 0.6 is 27.5 Å². The molecule has 0 radical (unpaired) electrons. The highest BCUT2D eigenvalue weighted by molar-refractivity contribution is 9.10. The number of aromatic nitrogens is 3. The van der Waals surface area contributed by atoms with Crippen molar-refractivity contribution in [3.63, 3.8) is 0 Å². The second kappa shape index (κ2) is 5.49. The van der Waals surface area contributed by atoms with Crippen molar-refractivity contribution in [1.82, 2.24) is 14.8 Å². The maximum atomic E-state index is 13.3. The van der Waals surface area contributed by atoms with Gasteiger partial charge in [0.1, 0.15) is 11.6 Å². The Morgan fingerprint density at radius 1 is 1.50 bits per heavy atom. The molecule has 0 unspecified atom stereocenters. The Bertz CT molecular complexity index is 664. The lowest BCUT2D eigenvalue weighted by atomic mass is 10.2. The minimum Gasteiger partial charge on any atom is -0.475 e. The Morgan fingerprint density at radius 3 is 2.65 bits per heavy atom. The monoisotopic (exact) mass is 361 g/mol. The number of benzene rings is 1. The van der Waals surface area contributed by atoms with Crippen molar-refractivity contribution in [1.29, 1.82) is 0 Å². The van der Waals surface area contributed by atoms with Gasteiger partial charge in [0.15, 0.2) is 0 Å². The number of carbonyl (C=O) groups is 1. The minimum atomic E-state index is -1.24. The molecule has 0 aliphatic carbocycles. The van der Waals surface area contributed by atoms with Crippen LogP contribution in [-0.4, -0.2) is 25.8 Å². The van der Waals surface area contributed by atoms with Crippen LogP contribution in [0.2, 0.25) is 5.02 Å². The second-order valence-corrected chi connectivity index (χ2v) is 5.64. The van der Waals surface area contributed by atoms with E-state index >= 15 is 0 Å². The molecular weight excluding hydrogens is 353 g/mol. The summed E-state index contributed by atoms with van der Waals surface area (Å²) in [6, 6.07) is 2.36. The molecule has 2 aromatic rings. The van der Waals surface area contributed by atoms with Gasteiger partial charge in [-0.3, -0.25) is 0 Å². The van der Waals surface area contributed by atoms with Crippen molar-refractivity contribution in [3.8, 4) is 5.69 Å². The fraction of sp³-hybridized carbons (Fsp3) is 0.250. The number of nitrogens with zero attached hydrogens (tertiary/aromatic N) is 3. The third kappa shape index (κ3) is 2.69. The first-order chi connectivity index (χ1) is 9.31. The van der Waals surface area contributed by atoms with E-state index in [0.717, 1.165) is 6.07 Å². The van der Waals surface area contributed by atoms with E-state index in [9.17, 15) is 9.18 Å². The van der Waals surface area contributed by atoms with Crippen molar-refractivity contribution in [3.05, 3.63) is 39.1 Å². The number of hydrogen-bond acceptors (Lipinski definition) is 3. The molecule has 5 nitrogen and oxygen atoms in total. The first-order valence-electron chi connectivity index (χ1n) is 5.66. The lowest BCUT2D eigenvalue weighted by Crippen LogP contribution is -2.07. The Kier molecular flexibility index (Phi) is 4.10. The van der Waals surface area contributed by atoms with Gasteiger partial charge in [-0.2, -0.15) is 0 Å². The number of aromatic carboxylic acids is 1. The molecule has 0 fully saturated rings. The van der Waals surface area contributed by atoms with Gasteiger partial charge in [-0.15, -0.1) is 5.10 Å². The van der Waals surface area contributed by atoms with Crippen molar-refractivity contribution in [2.75, 3.05) is 0 Å². The number of hydrogen-bond donors (Lipinski definition) is 1. The van der Waals surface area contributed by atoms with Crippen LogP contribution < -0.4 is 0 Å². The van der Waals surface area contributed by atoms with E-state index in [4.69, 9.17) is 16.7 Å². The van der Waals surface area contributed by atoms with Crippen LogP contribution in [0.25, 0.3) is 5.69 Å². The summed E-state index contributed by atoms with van der Waals surface area (Å²) in [6.45, 7) is 3.69. The molecule has 0 aliphatic rings. The fourth-order valence-corrected chi connectivity index (χ4v) is 2.69. The number of rotatable bonds is 3. The number of halogens is 3. The highest BCUT2D eigenvalue weighted by Gasteiger charge is 2.22. The average molecular weight is 363 g/mol. The largest absolute Gasteiger partial charge is 0.475 e. The van der Waals surface area contributed by atoms with Gasteiger partial charge >= 0.3 is 5.97 Å². The highest BCUT2D eigenvalue weighted by Crippen LogP contribution is 2.31. The van der Waals surface area contributed by atoms with E-state index in [-0.39, 0.29) is 16.8 Å². The average Bonchev–Trinajstić information content (AvgIpc) is 2.72. The summed E-state index contributed by atoms with van der Waals surface area (Å²) in [4.78, 5) is 15.0. The molecule has 1 aromatic heterocycles. The van der Waals surface area contributed by atoms with Gasteiger partial charge in [0.25, 0.3) is 5.82 Å². The first-order valence-corrected chi connectivity index (χ1v) is 6.83. The van der Waals surface area contributed by atoms with Crippen LogP contribution in [0.15, 0.2) is 16.6 Å². The van der Waals surface area contributed by atoms with E-state index in [0.29, 0.717) is 16.0 Å². The molecule has 0 atom stereocenters. The fourth-order valence-electron chi connectivity index (χ4n) is 1.69. The summed E-state index contributed by atoms with van der Waals surface area (Å²) in [5.74, 6) is -1.73. The lowest BCUT2D eigenvalue weighted by molar-refractivity contribution is 0.0683. The Labute approximate surface area is 127 Å². The molecule has 8 heteroatoms. The van der Waals surface area contributed by atoms with Crippen LogP contribution in [0.5, 0.6) is 0 Å². The van der Waals surface area contributed by atoms with Crippen LogP contribution in [0, 0.1) is 5.82 Å². The SMILES string of the molecule is CC(C)c1nc(C(=O)O)nn1-c1c(Cl)cc(F)cc1Br. The Morgan fingerprint density at radius 2 is 2.15 bits per heavy atom. The zero-order chi connectivity index (χ0) is 15.0. The van der Waals surface area contributed by atoms with Crippen molar-refractivity contribution in [2.45, 2.75) is 19.8 Å². The van der Waals surface area contributed by atoms with Crippen molar-refractivity contribution >= 4 is 33.5 Å². The molecule has 0 aliphatic heterocycles. The van der Waals surface area contributed by atoms with Gasteiger partial charge in [-0.25, -0.2) is 18.9 Å². The third-order valence-corrected chi connectivity index (χ3v) is 3.43. The van der Waals surface area contributed by atoms with Crippen LogP contribution in [-0.2, 0) is 0 Å². The number of carboxylic acid groups (broad SMARTS) is 1. The molecule has 1 aromatic carbocycles. The summed E-state index contributed by atoms with van der Waals surface area (Å²) in [6.07, 6.45) is 0. The van der Waals surface area contributed by atoms with Crippen molar-refractivity contribution in [2.24, 2.45) is 0 Å². The predicted molar refractivity (Wildman–Crippen MR) is 75.1 cm³/mol. The van der Waals surface area contributed by atoms with Crippen LogP contribution in [0.4, 0.5) is 4.39 Å². The summed E-state index contributed by atoms with van der Waals surface area (Å²) < 4.78 is 14.9. The zero-order valence-electron chi connectivity index (χ0n) is 10.6. The number of carboxylic acids is 1. The van der Waals surface area contributed by atoms with E-state index < -0.39 is 11.8 Å². The maximum Gasteiger partial charge on any atom is 0.375 e. The molecular formula is C12H10BrClFN3O2. The van der Waals surface area contributed by atoms with E-state index in [2.05, 4.69) is 26.0 Å². The highest BCUT2D eigenvalue weighted by atomic mass is 79.9. The van der Waals surface area contributed by atoms with Crippen molar-refractivity contribution < 1.29 is 14.3 Å². The van der Waals surface area contributed by atoms with Crippen LogP contribution in [0.3, 0.4) is 0 Å². The maximum absolute atomic E-state index is 13.3. The van der Waals surface area contributed by atoms with E-state index in [1.165, 1.54) is 10.7 Å². The van der Waals surface area contributed by atoms with Gasteiger partial charge in [0, 0.05) is 10.4 Å². The molecule has 0 saturated heterocycles. The molecule has 106 valence electrons. The molecule has 1 N–H and O–H groups in total. The minimum absolute atomic E-state index is 0.0800. The topological polar surface area (TPSA) is 68.0 Å². The Hall–Kier alpha value is -1.47. The molecule has 0 saturated carbocycles. The van der Waals surface area contributed by atoms with Gasteiger partial charge < -0.3 is 5.11 Å². The van der Waals surface area contributed by atoms with Gasteiger partial charge in [0.05, 0.1) is 10.7 Å². The summed E-state index contributed by atoms with van der Waals surface area (Å²) in [5, 5.41) is 13.0. The molecule has 1 heterocycles. The third-order valence-electron chi connectivity index (χ3n) is 2.53. The summed E-state index contributed by atoms with van der Waals surface area (Å²) >= 11 is 9.23. The van der Waals surface area contributed by atoms with Crippen LogP contribution in [0.1, 0.15) is 36.2 Å². The molecule has 0 amide bonds. The molecule has 0 bridgehead atoms. The predicted octanol–water partition coefficient (Wildman–Crippen LogP) is 3.64. The quantitative estimate of drug-likeness (QED) is 0.905. The van der Waals surface area contributed by atoms with E-state index in [1.54, 1.807) is 0 Å². The molecule has 0 spiro atoms. The Balaban J connectivity index is 2.72.